The van der Waals surface area contributed by atoms with Gasteiger partial charge in [-0.1, -0.05) is 12.1 Å². The van der Waals surface area contributed by atoms with Crippen molar-refractivity contribution in [2.45, 2.75) is 6.54 Å². The molecular formula is C16H12BrFN2O. The Hall–Kier alpha value is -2.19. The molecule has 3 nitrogen and oxygen atoms in total. The average molecular weight is 347 g/mol. The predicted octanol–water partition coefficient (Wildman–Crippen LogP) is 3.73. The first-order chi connectivity index (χ1) is 10.0. The highest BCUT2D eigenvalue weighted by Crippen LogP contribution is 2.18. The predicted molar refractivity (Wildman–Crippen MR) is 81.1 cm³/mol. The molecule has 0 heterocycles. The number of rotatable bonds is 3. The number of nitriles is 1. The van der Waals surface area contributed by atoms with Crippen LogP contribution in [0.15, 0.2) is 46.9 Å². The van der Waals surface area contributed by atoms with E-state index in [1.807, 2.05) is 6.07 Å². The molecule has 0 N–H and O–H groups in total. The van der Waals surface area contributed by atoms with Gasteiger partial charge in [-0.3, -0.25) is 4.79 Å². The fraction of sp³-hybridized carbons (Fsp3) is 0.125. The molecule has 0 bridgehead atoms. The third-order valence-corrected chi connectivity index (χ3v) is 3.60. The number of benzene rings is 2. The lowest BCUT2D eigenvalue weighted by atomic mass is 10.1. The van der Waals surface area contributed by atoms with Gasteiger partial charge in [0.15, 0.2) is 0 Å². The number of hydrogen-bond donors (Lipinski definition) is 0. The molecule has 0 saturated heterocycles. The summed E-state index contributed by atoms with van der Waals surface area (Å²) in [6, 6.07) is 13.3. The van der Waals surface area contributed by atoms with Gasteiger partial charge in [-0.25, -0.2) is 4.39 Å². The Labute approximate surface area is 130 Å². The van der Waals surface area contributed by atoms with Crippen molar-refractivity contribution in [1.29, 1.82) is 5.26 Å². The van der Waals surface area contributed by atoms with Crippen molar-refractivity contribution >= 4 is 21.8 Å². The quantitative estimate of drug-likeness (QED) is 0.849. The SMILES string of the molecule is CN(Cc1cccc(C#N)c1)C(=O)c1ccc(F)c(Br)c1. The van der Waals surface area contributed by atoms with Gasteiger partial charge in [-0.05, 0) is 51.8 Å². The van der Waals surface area contributed by atoms with E-state index < -0.39 is 5.82 Å². The van der Waals surface area contributed by atoms with E-state index in [1.54, 1.807) is 25.2 Å². The second-order valence-corrected chi connectivity index (χ2v) is 5.46. The summed E-state index contributed by atoms with van der Waals surface area (Å²) in [5, 5.41) is 8.87. The lowest BCUT2D eigenvalue weighted by Crippen LogP contribution is -2.26. The van der Waals surface area contributed by atoms with E-state index in [1.165, 1.54) is 23.1 Å². The number of carbonyl (C=O) groups excluding carboxylic acids is 1. The van der Waals surface area contributed by atoms with Crippen LogP contribution in [0.3, 0.4) is 0 Å². The highest BCUT2D eigenvalue weighted by Gasteiger charge is 2.13. The van der Waals surface area contributed by atoms with Gasteiger partial charge in [-0.15, -0.1) is 0 Å². The molecule has 0 fully saturated rings. The molecule has 2 aromatic rings. The minimum Gasteiger partial charge on any atom is -0.337 e. The molecule has 2 aromatic carbocycles. The summed E-state index contributed by atoms with van der Waals surface area (Å²) in [5.74, 6) is -0.617. The summed E-state index contributed by atoms with van der Waals surface area (Å²) in [6.07, 6.45) is 0. The van der Waals surface area contributed by atoms with Crippen molar-refractivity contribution < 1.29 is 9.18 Å². The smallest absolute Gasteiger partial charge is 0.253 e. The zero-order valence-electron chi connectivity index (χ0n) is 11.3. The monoisotopic (exact) mass is 346 g/mol. The van der Waals surface area contributed by atoms with Crippen molar-refractivity contribution in [1.82, 2.24) is 4.90 Å². The molecule has 2 rings (SSSR count). The number of amides is 1. The number of carbonyl (C=O) groups is 1. The standard InChI is InChI=1S/C16H12BrFN2O/c1-20(10-12-4-2-3-11(7-12)9-19)16(21)13-5-6-15(18)14(17)8-13/h2-8H,10H2,1H3. The van der Waals surface area contributed by atoms with Crippen LogP contribution in [0.2, 0.25) is 0 Å². The van der Waals surface area contributed by atoms with Gasteiger partial charge in [0.1, 0.15) is 5.82 Å². The molecular weight excluding hydrogens is 335 g/mol. The Morgan fingerprint density at radius 2 is 2.10 bits per heavy atom. The Kier molecular flexibility index (Phi) is 4.71. The molecule has 0 unspecified atom stereocenters. The van der Waals surface area contributed by atoms with E-state index in [9.17, 15) is 9.18 Å². The Balaban J connectivity index is 2.15. The Morgan fingerprint density at radius 1 is 1.33 bits per heavy atom. The largest absolute Gasteiger partial charge is 0.337 e. The first-order valence-corrected chi connectivity index (χ1v) is 7.00. The molecule has 0 saturated carbocycles. The van der Waals surface area contributed by atoms with E-state index >= 15 is 0 Å². The van der Waals surface area contributed by atoms with Crippen LogP contribution >= 0.6 is 15.9 Å². The Morgan fingerprint density at radius 3 is 2.76 bits per heavy atom. The fourth-order valence-corrected chi connectivity index (χ4v) is 2.31. The minimum absolute atomic E-state index is 0.210. The summed E-state index contributed by atoms with van der Waals surface area (Å²) in [4.78, 5) is 13.8. The second-order valence-electron chi connectivity index (χ2n) is 4.60. The zero-order chi connectivity index (χ0) is 15.4. The maximum Gasteiger partial charge on any atom is 0.253 e. The number of nitrogens with zero attached hydrogens (tertiary/aromatic N) is 2. The van der Waals surface area contributed by atoms with Crippen LogP contribution < -0.4 is 0 Å². The van der Waals surface area contributed by atoms with Crippen molar-refractivity contribution in [2.75, 3.05) is 7.05 Å². The minimum atomic E-state index is -0.407. The molecule has 5 heteroatoms. The third-order valence-electron chi connectivity index (χ3n) is 2.99. The van der Waals surface area contributed by atoms with E-state index in [4.69, 9.17) is 5.26 Å². The van der Waals surface area contributed by atoms with Gasteiger partial charge in [0, 0.05) is 19.2 Å². The van der Waals surface area contributed by atoms with Crippen LogP contribution in [0.4, 0.5) is 4.39 Å². The van der Waals surface area contributed by atoms with Gasteiger partial charge in [0.2, 0.25) is 0 Å². The van der Waals surface area contributed by atoms with Crippen molar-refractivity contribution in [3.05, 3.63) is 69.4 Å². The molecule has 21 heavy (non-hydrogen) atoms. The van der Waals surface area contributed by atoms with Crippen LogP contribution in [0.5, 0.6) is 0 Å². The first kappa shape index (κ1) is 15.2. The molecule has 0 aliphatic rings. The van der Waals surface area contributed by atoms with E-state index in [-0.39, 0.29) is 10.4 Å². The average Bonchev–Trinajstić information content (AvgIpc) is 2.49. The first-order valence-electron chi connectivity index (χ1n) is 6.21. The highest BCUT2D eigenvalue weighted by atomic mass is 79.9. The molecule has 1 amide bonds. The maximum absolute atomic E-state index is 13.2. The molecule has 106 valence electrons. The maximum atomic E-state index is 13.2. The summed E-state index contributed by atoms with van der Waals surface area (Å²) >= 11 is 3.07. The molecule has 0 aliphatic heterocycles. The van der Waals surface area contributed by atoms with Gasteiger partial charge in [0.25, 0.3) is 5.91 Å². The van der Waals surface area contributed by atoms with E-state index in [2.05, 4.69) is 22.0 Å². The van der Waals surface area contributed by atoms with Crippen LogP contribution in [0, 0.1) is 17.1 Å². The molecule has 0 aliphatic carbocycles. The van der Waals surface area contributed by atoms with Gasteiger partial charge in [-0.2, -0.15) is 5.26 Å². The molecule has 0 atom stereocenters. The van der Waals surface area contributed by atoms with Gasteiger partial charge >= 0.3 is 0 Å². The van der Waals surface area contributed by atoms with Crippen LogP contribution in [-0.4, -0.2) is 17.9 Å². The van der Waals surface area contributed by atoms with Crippen LogP contribution in [-0.2, 0) is 6.54 Å². The molecule has 0 radical (unpaired) electrons. The van der Waals surface area contributed by atoms with Crippen LogP contribution in [0.25, 0.3) is 0 Å². The van der Waals surface area contributed by atoms with Crippen molar-refractivity contribution in [3.63, 3.8) is 0 Å². The number of halogens is 2. The molecule has 0 aromatic heterocycles. The van der Waals surface area contributed by atoms with E-state index in [0.717, 1.165) is 5.56 Å². The Bertz CT molecular complexity index is 724. The van der Waals surface area contributed by atoms with Gasteiger partial charge in [0.05, 0.1) is 16.1 Å². The van der Waals surface area contributed by atoms with E-state index in [0.29, 0.717) is 17.7 Å². The highest BCUT2D eigenvalue weighted by molar-refractivity contribution is 9.10. The zero-order valence-corrected chi connectivity index (χ0v) is 12.9. The van der Waals surface area contributed by atoms with Crippen molar-refractivity contribution in [2.24, 2.45) is 0 Å². The summed E-state index contributed by atoms with van der Waals surface area (Å²) in [6.45, 7) is 0.378. The molecule has 0 spiro atoms. The second kappa shape index (κ2) is 6.51. The lowest BCUT2D eigenvalue weighted by molar-refractivity contribution is 0.0785. The fourth-order valence-electron chi connectivity index (χ4n) is 1.93. The normalized spacial score (nSPS) is 10.0. The topological polar surface area (TPSA) is 44.1 Å². The lowest BCUT2D eigenvalue weighted by Gasteiger charge is -2.17. The van der Waals surface area contributed by atoms with Crippen LogP contribution in [0.1, 0.15) is 21.5 Å². The number of hydrogen-bond acceptors (Lipinski definition) is 2. The third kappa shape index (κ3) is 3.67. The summed E-state index contributed by atoms with van der Waals surface area (Å²) in [5.41, 5.74) is 1.83. The van der Waals surface area contributed by atoms with Crippen molar-refractivity contribution in [3.8, 4) is 6.07 Å². The summed E-state index contributed by atoms with van der Waals surface area (Å²) in [7, 11) is 1.67. The summed E-state index contributed by atoms with van der Waals surface area (Å²) < 4.78 is 13.4. The van der Waals surface area contributed by atoms with Gasteiger partial charge < -0.3 is 4.90 Å².